The summed E-state index contributed by atoms with van der Waals surface area (Å²) in [7, 11) is 3.30. The molecule has 5 nitrogen and oxygen atoms in total. The third kappa shape index (κ3) is 5.25. The van der Waals surface area contributed by atoms with E-state index in [0.717, 1.165) is 57.4 Å². The van der Waals surface area contributed by atoms with Crippen LogP contribution in [-0.2, 0) is 0 Å². The number of hydrogen-bond donors (Lipinski definition) is 0. The van der Waals surface area contributed by atoms with Crippen molar-refractivity contribution < 1.29 is 19.0 Å². The molecule has 3 aromatic carbocycles. The Morgan fingerprint density at radius 1 is 0.861 bits per heavy atom. The maximum Gasteiger partial charge on any atom is 0.195 e. The number of piperidine rings is 1. The fraction of sp³-hybridized carbons (Fsp3) is 0.300. The van der Waals surface area contributed by atoms with Gasteiger partial charge in [-0.1, -0.05) is 18.6 Å². The maximum atomic E-state index is 13.9. The molecule has 0 unspecified atom stereocenters. The van der Waals surface area contributed by atoms with Crippen LogP contribution in [-0.4, -0.2) is 51.1 Å². The lowest BCUT2D eigenvalue weighted by Gasteiger charge is -2.26. The average molecular weight is 502 g/mol. The number of nitrogens with zero attached hydrogens (tertiary/aromatic N) is 1. The normalized spacial score (nSPS) is 14.1. The van der Waals surface area contributed by atoms with Crippen LogP contribution in [0.1, 0.15) is 35.2 Å². The van der Waals surface area contributed by atoms with Crippen molar-refractivity contribution >= 4 is 27.2 Å². The van der Waals surface area contributed by atoms with Gasteiger partial charge in [0.25, 0.3) is 0 Å². The summed E-state index contributed by atoms with van der Waals surface area (Å²) in [5, 5.41) is 0.922. The third-order valence-electron chi connectivity index (χ3n) is 6.70. The number of carbonyl (C=O) groups excluding carboxylic acids is 1. The first-order valence-corrected chi connectivity index (χ1v) is 13.2. The fourth-order valence-corrected chi connectivity index (χ4v) is 5.94. The number of ketones is 1. The van der Waals surface area contributed by atoms with Crippen LogP contribution in [0.25, 0.3) is 20.5 Å². The van der Waals surface area contributed by atoms with Crippen LogP contribution < -0.4 is 14.2 Å². The molecule has 1 aliphatic rings. The minimum absolute atomic E-state index is 0.0101. The summed E-state index contributed by atoms with van der Waals surface area (Å²) in [6, 6.07) is 21.2. The van der Waals surface area contributed by atoms with E-state index in [1.165, 1.54) is 19.3 Å². The molecule has 0 N–H and O–H groups in total. The summed E-state index contributed by atoms with van der Waals surface area (Å²) in [6.45, 7) is 3.92. The molecule has 2 heterocycles. The summed E-state index contributed by atoms with van der Waals surface area (Å²) in [4.78, 5) is 17.2. The molecule has 0 bridgehead atoms. The van der Waals surface area contributed by atoms with Gasteiger partial charge in [-0.3, -0.25) is 9.69 Å². The molecule has 1 aliphatic heterocycles. The summed E-state index contributed by atoms with van der Waals surface area (Å²) in [5.74, 6) is 2.30. The Labute approximate surface area is 216 Å². The van der Waals surface area contributed by atoms with Crippen LogP contribution in [0.4, 0.5) is 0 Å². The largest absolute Gasteiger partial charge is 0.497 e. The minimum Gasteiger partial charge on any atom is -0.497 e. The van der Waals surface area contributed by atoms with Gasteiger partial charge in [-0.05, 0) is 86.1 Å². The van der Waals surface area contributed by atoms with E-state index in [9.17, 15) is 4.79 Å². The highest BCUT2D eigenvalue weighted by Gasteiger charge is 2.22. The van der Waals surface area contributed by atoms with E-state index >= 15 is 0 Å². The number of methoxy groups -OCH3 is 2. The van der Waals surface area contributed by atoms with Gasteiger partial charge in [0, 0.05) is 32.6 Å². The standard InChI is InChI=1S/C30H31NO4S/c1-33-24-8-6-7-22(19-24)30-28(26-14-13-25(34-2)20-27(26)36-30)29(32)21-9-11-23(12-10-21)35-18-17-31-15-4-3-5-16-31/h6-14,19-20H,3-5,15-18H2,1-2H3. The molecule has 0 radical (unpaired) electrons. The predicted octanol–water partition coefficient (Wildman–Crippen LogP) is 6.68. The van der Waals surface area contributed by atoms with Crippen LogP contribution in [0.5, 0.6) is 17.2 Å². The smallest absolute Gasteiger partial charge is 0.195 e. The molecule has 1 saturated heterocycles. The van der Waals surface area contributed by atoms with Gasteiger partial charge in [0.2, 0.25) is 0 Å². The molecule has 0 spiro atoms. The lowest BCUT2D eigenvalue weighted by Crippen LogP contribution is -2.33. The van der Waals surface area contributed by atoms with E-state index in [-0.39, 0.29) is 5.78 Å². The van der Waals surface area contributed by atoms with Gasteiger partial charge in [0.05, 0.1) is 14.2 Å². The van der Waals surface area contributed by atoms with E-state index in [1.54, 1.807) is 25.6 Å². The lowest BCUT2D eigenvalue weighted by molar-refractivity contribution is 0.104. The van der Waals surface area contributed by atoms with Crippen molar-refractivity contribution in [2.45, 2.75) is 19.3 Å². The Hall–Kier alpha value is -3.35. The highest BCUT2D eigenvalue weighted by molar-refractivity contribution is 7.22. The Bertz CT molecular complexity index is 1340. The van der Waals surface area contributed by atoms with Crippen LogP contribution >= 0.6 is 11.3 Å². The predicted molar refractivity (Wildman–Crippen MR) is 146 cm³/mol. The molecule has 0 aliphatic carbocycles. The molecule has 4 aromatic rings. The summed E-state index contributed by atoms with van der Waals surface area (Å²) in [5.41, 5.74) is 2.29. The number of thiophene rings is 1. The zero-order valence-electron chi connectivity index (χ0n) is 20.8. The molecule has 1 fully saturated rings. The average Bonchev–Trinajstić information content (AvgIpc) is 3.32. The molecule has 0 atom stereocenters. The SMILES string of the molecule is COc1cccc(-c2sc3cc(OC)ccc3c2C(=O)c2ccc(OCCN3CCCCC3)cc2)c1. The fourth-order valence-electron chi connectivity index (χ4n) is 4.72. The molecule has 5 rings (SSSR count). The topological polar surface area (TPSA) is 48.0 Å². The van der Waals surface area contributed by atoms with Gasteiger partial charge in [-0.15, -0.1) is 11.3 Å². The van der Waals surface area contributed by atoms with Crippen molar-refractivity contribution in [1.29, 1.82) is 0 Å². The summed E-state index contributed by atoms with van der Waals surface area (Å²) in [6.07, 6.45) is 3.89. The van der Waals surface area contributed by atoms with Gasteiger partial charge in [-0.25, -0.2) is 0 Å². The molecule has 6 heteroatoms. The van der Waals surface area contributed by atoms with Crippen LogP contribution in [0.15, 0.2) is 66.7 Å². The van der Waals surface area contributed by atoms with E-state index in [2.05, 4.69) is 4.90 Å². The molecule has 36 heavy (non-hydrogen) atoms. The van der Waals surface area contributed by atoms with Gasteiger partial charge < -0.3 is 14.2 Å². The zero-order chi connectivity index (χ0) is 24.9. The highest BCUT2D eigenvalue weighted by Crippen LogP contribution is 2.42. The second-order valence-electron chi connectivity index (χ2n) is 9.00. The maximum absolute atomic E-state index is 13.9. The van der Waals surface area contributed by atoms with Crippen molar-refractivity contribution in [3.8, 4) is 27.7 Å². The van der Waals surface area contributed by atoms with Gasteiger partial charge in [0.15, 0.2) is 5.78 Å². The monoisotopic (exact) mass is 501 g/mol. The van der Waals surface area contributed by atoms with Crippen molar-refractivity contribution in [2.75, 3.05) is 40.5 Å². The molecule has 0 amide bonds. The van der Waals surface area contributed by atoms with Crippen molar-refractivity contribution in [1.82, 2.24) is 4.90 Å². The van der Waals surface area contributed by atoms with Crippen LogP contribution in [0.3, 0.4) is 0 Å². The first-order chi connectivity index (χ1) is 17.7. The number of benzene rings is 3. The minimum atomic E-state index is -0.0101. The number of fused-ring (bicyclic) bond motifs is 1. The van der Waals surface area contributed by atoms with E-state index < -0.39 is 0 Å². The van der Waals surface area contributed by atoms with Gasteiger partial charge >= 0.3 is 0 Å². The Balaban J connectivity index is 1.41. The molecule has 0 saturated carbocycles. The number of hydrogen-bond acceptors (Lipinski definition) is 6. The Kier molecular flexibility index (Phi) is 7.54. The van der Waals surface area contributed by atoms with Gasteiger partial charge in [-0.2, -0.15) is 0 Å². The number of likely N-dealkylation sites (tertiary alicyclic amines) is 1. The summed E-state index contributed by atoms with van der Waals surface area (Å²) >= 11 is 1.59. The van der Waals surface area contributed by atoms with Crippen molar-refractivity contribution in [3.63, 3.8) is 0 Å². The third-order valence-corrected chi connectivity index (χ3v) is 7.90. The van der Waals surface area contributed by atoms with Crippen LogP contribution in [0, 0.1) is 0 Å². The quantitative estimate of drug-likeness (QED) is 0.239. The van der Waals surface area contributed by atoms with Crippen molar-refractivity contribution in [3.05, 3.63) is 77.9 Å². The number of ether oxygens (including phenoxy) is 3. The van der Waals surface area contributed by atoms with E-state index in [4.69, 9.17) is 14.2 Å². The van der Waals surface area contributed by atoms with Crippen LogP contribution in [0.2, 0.25) is 0 Å². The first-order valence-electron chi connectivity index (χ1n) is 12.4. The number of rotatable bonds is 9. The van der Waals surface area contributed by atoms with Crippen molar-refractivity contribution in [2.24, 2.45) is 0 Å². The van der Waals surface area contributed by atoms with E-state index in [1.807, 2.05) is 66.7 Å². The molecule has 186 valence electrons. The van der Waals surface area contributed by atoms with Gasteiger partial charge in [0.1, 0.15) is 23.9 Å². The zero-order valence-corrected chi connectivity index (χ0v) is 21.6. The Morgan fingerprint density at radius 3 is 2.33 bits per heavy atom. The molecular weight excluding hydrogens is 470 g/mol. The Morgan fingerprint density at radius 2 is 1.58 bits per heavy atom. The molecule has 1 aromatic heterocycles. The molecular formula is C30H31NO4S. The first kappa shape index (κ1) is 24.3. The summed E-state index contributed by atoms with van der Waals surface area (Å²) < 4.78 is 17.8. The lowest BCUT2D eigenvalue weighted by atomic mass is 9.97. The second kappa shape index (κ2) is 11.1. The highest BCUT2D eigenvalue weighted by atomic mass is 32.1. The number of carbonyl (C=O) groups is 1. The van der Waals surface area contributed by atoms with E-state index in [0.29, 0.717) is 17.7 Å². The second-order valence-corrected chi connectivity index (χ2v) is 10.1.